The second kappa shape index (κ2) is 3.86. The quantitative estimate of drug-likeness (QED) is 0.695. The van der Waals surface area contributed by atoms with Crippen LogP contribution in [0.15, 0.2) is 6.20 Å². The maximum Gasteiger partial charge on any atom is 0.125 e. The van der Waals surface area contributed by atoms with Crippen LogP contribution in [0.4, 0.5) is 0 Å². The first kappa shape index (κ1) is 10.2. The Kier molecular flexibility index (Phi) is 3.02. The fourth-order valence-electron chi connectivity index (χ4n) is 1.40. The molecule has 0 aliphatic rings. The topological polar surface area (TPSA) is 25.8 Å². The second-order valence-corrected chi connectivity index (χ2v) is 4.07. The Morgan fingerprint density at radius 1 is 1.08 bits per heavy atom. The number of hydrogen-bond acceptors (Lipinski definition) is 2. The van der Waals surface area contributed by atoms with Gasteiger partial charge in [-0.1, -0.05) is 27.7 Å². The monoisotopic (exact) mass is 178 g/mol. The Hall–Kier alpha value is -0.920. The third-order valence-electron chi connectivity index (χ3n) is 2.14. The summed E-state index contributed by atoms with van der Waals surface area (Å²) in [6.45, 7) is 10.6. The van der Waals surface area contributed by atoms with Gasteiger partial charge in [0.2, 0.25) is 0 Å². The lowest BCUT2D eigenvalue weighted by Gasteiger charge is -2.14. The van der Waals surface area contributed by atoms with E-state index < -0.39 is 0 Å². The van der Waals surface area contributed by atoms with Crippen LogP contribution in [0.5, 0.6) is 0 Å². The molecule has 0 aliphatic heterocycles. The predicted molar refractivity (Wildman–Crippen MR) is 54.9 cm³/mol. The Labute approximate surface area is 80.4 Å². The molecule has 1 aromatic heterocycles. The van der Waals surface area contributed by atoms with E-state index in [2.05, 4.69) is 37.7 Å². The van der Waals surface area contributed by atoms with Crippen LogP contribution in [0.25, 0.3) is 0 Å². The average molecular weight is 178 g/mol. The zero-order valence-corrected chi connectivity index (χ0v) is 9.13. The highest BCUT2D eigenvalue weighted by molar-refractivity contribution is 5.23. The molecule has 0 fully saturated rings. The van der Waals surface area contributed by atoms with Crippen molar-refractivity contribution in [2.45, 2.75) is 46.5 Å². The van der Waals surface area contributed by atoms with E-state index in [1.165, 1.54) is 11.3 Å². The first-order valence-corrected chi connectivity index (χ1v) is 4.85. The maximum absolute atomic E-state index is 4.48. The van der Waals surface area contributed by atoms with E-state index in [1.54, 1.807) is 0 Å². The van der Waals surface area contributed by atoms with Crippen molar-refractivity contribution in [3.05, 3.63) is 23.3 Å². The van der Waals surface area contributed by atoms with E-state index in [0.29, 0.717) is 11.8 Å². The summed E-state index contributed by atoms with van der Waals surface area (Å²) < 4.78 is 0. The van der Waals surface area contributed by atoms with Crippen molar-refractivity contribution in [2.24, 2.45) is 0 Å². The van der Waals surface area contributed by atoms with Gasteiger partial charge >= 0.3 is 0 Å². The molecule has 0 unspecified atom stereocenters. The summed E-state index contributed by atoms with van der Waals surface area (Å²) in [7, 11) is 0. The van der Waals surface area contributed by atoms with E-state index in [9.17, 15) is 0 Å². The lowest BCUT2D eigenvalue weighted by Crippen LogP contribution is -2.04. The fourth-order valence-corrected chi connectivity index (χ4v) is 1.40. The van der Waals surface area contributed by atoms with E-state index in [0.717, 1.165) is 5.82 Å². The standard InChI is InChI=1S/C11H18N2/c1-7(2)10-6-12-9(5)13-11(10)8(3)4/h6-8H,1-5H3. The van der Waals surface area contributed by atoms with Gasteiger partial charge in [0.25, 0.3) is 0 Å². The molecule has 0 atom stereocenters. The van der Waals surface area contributed by atoms with Crippen LogP contribution < -0.4 is 0 Å². The first-order valence-electron chi connectivity index (χ1n) is 4.85. The number of hydrogen-bond donors (Lipinski definition) is 0. The molecule has 0 spiro atoms. The van der Waals surface area contributed by atoms with Crippen molar-refractivity contribution in [3.63, 3.8) is 0 Å². The average Bonchev–Trinajstić information content (AvgIpc) is 2.03. The highest BCUT2D eigenvalue weighted by Crippen LogP contribution is 2.23. The summed E-state index contributed by atoms with van der Waals surface area (Å²) in [4.78, 5) is 8.72. The second-order valence-electron chi connectivity index (χ2n) is 4.07. The van der Waals surface area contributed by atoms with Crippen LogP contribution >= 0.6 is 0 Å². The number of aromatic nitrogens is 2. The Morgan fingerprint density at radius 2 is 1.69 bits per heavy atom. The number of nitrogens with zero attached hydrogens (tertiary/aromatic N) is 2. The number of aryl methyl sites for hydroxylation is 1. The molecule has 1 heterocycles. The maximum atomic E-state index is 4.48. The lowest BCUT2D eigenvalue weighted by atomic mass is 9.97. The van der Waals surface area contributed by atoms with E-state index in [-0.39, 0.29) is 0 Å². The third-order valence-corrected chi connectivity index (χ3v) is 2.14. The van der Waals surface area contributed by atoms with Crippen LogP contribution in [0, 0.1) is 6.92 Å². The van der Waals surface area contributed by atoms with Gasteiger partial charge in [0.05, 0.1) is 5.69 Å². The minimum Gasteiger partial charge on any atom is -0.241 e. The normalized spacial score (nSPS) is 11.3. The fraction of sp³-hybridized carbons (Fsp3) is 0.636. The summed E-state index contributed by atoms with van der Waals surface area (Å²) in [5, 5.41) is 0. The van der Waals surface area contributed by atoms with Gasteiger partial charge in [-0.2, -0.15) is 0 Å². The Bertz CT molecular complexity index is 290. The molecule has 0 bridgehead atoms. The molecule has 0 amide bonds. The predicted octanol–water partition coefficient (Wildman–Crippen LogP) is 3.03. The van der Waals surface area contributed by atoms with Crippen molar-refractivity contribution in [1.29, 1.82) is 0 Å². The highest BCUT2D eigenvalue weighted by atomic mass is 14.9. The summed E-state index contributed by atoms with van der Waals surface area (Å²) in [6, 6.07) is 0. The summed E-state index contributed by atoms with van der Waals surface area (Å²) in [5.41, 5.74) is 2.48. The van der Waals surface area contributed by atoms with E-state index in [4.69, 9.17) is 0 Å². The molecule has 0 aliphatic carbocycles. The molecule has 2 nitrogen and oxygen atoms in total. The molecule has 0 radical (unpaired) electrons. The lowest BCUT2D eigenvalue weighted by molar-refractivity contribution is 0.737. The van der Waals surface area contributed by atoms with Crippen LogP contribution in [0.2, 0.25) is 0 Å². The van der Waals surface area contributed by atoms with E-state index in [1.807, 2.05) is 13.1 Å². The molecular weight excluding hydrogens is 160 g/mol. The van der Waals surface area contributed by atoms with Crippen LogP contribution in [0.3, 0.4) is 0 Å². The molecule has 2 heteroatoms. The van der Waals surface area contributed by atoms with Crippen LogP contribution in [-0.2, 0) is 0 Å². The first-order chi connectivity index (χ1) is 6.02. The van der Waals surface area contributed by atoms with Crippen molar-refractivity contribution in [2.75, 3.05) is 0 Å². The summed E-state index contributed by atoms with van der Waals surface area (Å²) in [6.07, 6.45) is 1.96. The van der Waals surface area contributed by atoms with Crippen molar-refractivity contribution >= 4 is 0 Å². The molecule has 1 rings (SSSR count). The Morgan fingerprint density at radius 3 is 2.15 bits per heavy atom. The molecule has 72 valence electrons. The molecule has 1 aromatic rings. The minimum atomic E-state index is 0.485. The van der Waals surface area contributed by atoms with Crippen molar-refractivity contribution in [1.82, 2.24) is 9.97 Å². The van der Waals surface area contributed by atoms with Gasteiger partial charge in [0.1, 0.15) is 5.82 Å². The van der Waals surface area contributed by atoms with Crippen LogP contribution in [0.1, 0.15) is 56.6 Å². The summed E-state index contributed by atoms with van der Waals surface area (Å²) in [5.74, 6) is 1.87. The van der Waals surface area contributed by atoms with Crippen molar-refractivity contribution in [3.8, 4) is 0 Å². The largest absolute Gasteiger partial charge is 0.241 e. The molecular formula is C11H18N2. The minimum absolute atomic E-state index is 0.485. The number of rotatable bonds is 2. The smallest absolute Gasteiger partial charge is 0.125 e. The third kappa shape index (κ3) is 2.27. The molecule has 0 N–H and O–H groups in total. The zero-order valence-electron chi connectivity index (χ0n) is 9.13. The van der Waals surface area contributed by atoms with Gasteiger partial charge in [-0.05, 0) is 24.3 Å². The molecule has 0 saturated carbocycles. The van der Waals surface area contributed by atoms with Crippen molar-refractivity contribution < 1.29 is 0 Å². The molecule has 0 saturated heterocycles. The van der Waals surface area contributed by atoms with Crippen LogP contribution in [-0.4, -0.2) is 9.97 Å². The highest BCUT2D eigenvalue weighted by Gasteiger charge is 2.11. The van der Waals surface area contributed by atoms with E-state index >= 15 is 0 Å². The SMILES string of the molecule is Cc1ncc(C(C)C)c(C(C)C)n1. The Balaban J connectivity index is 3.19. The zero-order chi connectivity index (χ0) is 10.0. The summed E-state index contributed by atoms with van der Waals surface area (Å²) >= 11 is 0. The van der Waals surface area contributed by atoms with Gasteiger partial charge in [-0.25, -0.2) is 9.97 Å². The van der Waals surface area contributed by atoms with Gasteiger partial charge < -0.3 is 0 Å². The molecule has 13 heavy (non-hydrogen) atoms. The van der Waals surface area contributed by atoms with Gasteiger partial charge in [0.15, 0.2) is 0 Å². The van der Waals surface area contributed by atoms with Gasteiger partial charge in [-0.3, -0.25) is 0 Å². The van der Waals surface area contributed by atoms with Gasteiger partial charge in [0, 0.05) is 6.20 Å². The molecule has 0 aromatic carbocycles. The van der Waals surface area contributed by atoms with Gasteiger partial charge in [-0.15, -0.1) is 0 Å².